The van der Waals surface area contributed by atoms with E-state index in [1.54, 1.807) is 0 Å². The Morgan fingerprint density at radius 2 is 1.54 bits per heavy atom. The van der Waals surface area contributed by atoms with Gasteiger partial charge in [-0.1, -0.05) is 80.1 Å². The fourth-order valence-corrected chi connectivity index (χ4v) is 4.09. The highest BCUT2D eigenvalue weighted by molar-refractivity contribution is 5.74. The van der Waals surface area contributed by atoms with Gasteiger partial charge in [-0.25, -0.2) is 0 Å². The Labute approximate surface area is 146 Å². The zero-order valence-electron chi connectivity index (χ0n) is 15.4. The molecule has 0 saturated heterocycles. The normalized spacial score (nSPS) is 20.5. The minimum absolute atomic E-state index is 0.114. The van der Waals surface area contributed by atoms with Crippen LogP contribution in [0.5, 0.6) is 0 Å². The summed E-state index contributed by atoms with van der Waals surface area (Å²) in [4.78, 5) is 0. The Bertz CT molecular complexity index is 791. The van der Waals surface area contributed by atoms with Crippen molar-refractivity contribution in [2.24, 2.45) is 0 Å². The average molecular weight is 316 g/mol. The van der Waals surface area contributed by atoms with Crippen molar-refractivity contribution in [3.05, 3.63) is 88.5 Å². The summed E-state index contributed by atoms with van der Waals surface area (Å²) >= 11 is 0. The van der Waals surface area contributed by atoms with Crippen LogP contribution in [0, 0.1) is 13.8 Å². The molecule has 0 bridgehead atoms. The molecule has 124 valence electrons. The van der Waals surface area contributed by atoms with Crippen molar-refractivity contribution >= 4 is 5.57 Å². The Hall–Kier alpha value is -2.08. The summed E-state index contributed by atoms with van der Waals surface area (Å²) in [6.45, 7) is 9.07. The first-order chi connectivity index (χ1) is 11.6. The van der Waals surface area contributed by atoms with Gasteiger partial charge in [0.25, 0.3) is 0 Å². The number of hydrogen-bond acceptors (Lipinski definition) is 0. The van der Waals surface area contributed by atoms with Crippen LogP contribution >= 0.6 is 0 Å². The number of hydrogen-bond donors (Lipinski definition) is 0. The summed E-state index contributed by atoms with van der Waals surface area (Å²) in [6, 6.07) is 17.7. The maximum atomic E-state index is 2.54. The molecule has 1 aliphatic rings. The second-order valence-electron chi connectivity index (χ2n) is 7.06. The number of benzene rings is 2. The third kappa shape index (κ3) is 2.98. The van der Waals surface area contributed by atoms with E-state index < -0.39 is 0 Å². The van der Waals surface area contributed by atoms with Gasteiger partial charge >= 0.3 is 0 Å². The molecule has 0 saturated carbocycles. The highest BCUT2D eigenvalue weighted by atomic mass is 14.4. The van der Waals surface area contributed by atoms with Crippen molar-refractivity contribution in [1.29, 1.82) is 0 Å². The summed E-state index contributed by atoms with van der Waals surface area (Å²) in [7, 11) is 0. The number of allylic oxidation sites excluding steroid dienone is 4. The molecular weight excluding hydrogens is 288 g/mol. The lowest BCUT2D eigenvalue weighted by molar-refractivity contribution is 0.517. The second-order valence-corrected chi connectivity index (χ2v) is 7.06. The zero-order valence-corrected chi connectivity index (χ0v) is 15.4. The summed E-state index contributed by atoms with van der Waals surface area (Å²) in [5.41, 5.74) is 8.72. The Morgan fingerprint density at radius 1 is 0.875 bits per heavy atom. The molecule has 0 N–H and O–H groups in total. The van der Waals surface area contributed by atoms with Crippen LogP contribution in [0.4, 0.5) is 0 Å². The maximum absolute atomic E-state index is 2.54. The zero-order chi connectivity index (χ0) is 17.2. The van der Waals surface area contributed by atoms with E-state index in [9.17, 15) is 0 Å². The summed E-state index contributed by atoms with van der Waals surface area (Å²) < 4.78 is 0. The van der Waals surface area contributed by atoms with Crippen molar-refractivity contribution in [1.82, 2.24) is 0 Å². The van der Waals surface area contributed by atoms with Crippen LogP contribution in [0.3, 0.4) is 0 Å². The van der Waals surface area contributed by atoms with Gasteiger partial charge < -0.3 is 0 Å². The molecule has 0 amide bonds. The van der Waals surface area contributed by atoms with Crippen molar-refractivity contribution in [3.63, 3.8) is 0 Å². The van der Waals surface area contributed by atoms with Gasteiger partial charge in [0.05, 0.1) is 0 Å². The van der Waals surface area contributed by atoms with E-state index in [1.165, 1.54) is 33.4 Å². The fraction of sp³-hybridized carbons (Fsp3) is 0.333. The third-order valence-electron chi connectivity index (χ3n) is 5.54. The largest absolute Gasteiger partial charge is 0.0704 e. The first-order valence-electron chi connectivity index (χ1n) is 9.14. The highest BCUT2D eigenvalue weighted by Crippen LogP contribution is 2.45. The molecule has 24 heavy (non-hydrogen) atoms. The molecule has 0 aromatic heterocycles. The minimum atomic E-state index is 0.114. The molecule has 0 nitrogen and oxygen atoms in total. The van der Waals surface area contributed by atoms with E-state index >= 15 is 0 Å². The van der Waals surface area contributed by atoms with Crippen LogP contribution in [0.2, 0.25) is 0 Å². The maximum Gasteiger partial charge on any atom is 0.0178 e. The van der Waals surface area contributed by atoms with Crippen molar-refractivity contribution in [2.45, 2.75) is 52.4 Å². The van der Waals surface area contributed by atoms with Gasteiger partial charge in [-0.3, -0.25) is 0 Å². The Balaban J connectivity index is 2.14. The van der Waals surface area contributed by atoms with E-state index in [0.29, 0.717) is 0 Å². The minimum Gasteiger partial charge on any atom is -0.0704 e. The monoisotopic (exact) mass is 316 g/mol. The number of aryl methyl sites for hydroxylation is 2. The molecule has 1 aliphatic carbocycles. The SMILES string of the molecule is CCC1=CC(CC)(c2ccccc2C)CC(c2ccccc2C)=C1. The van der Waals surface area contributed by atoms with Gasteiger partial charge in [-0.15, -0.1) is 0 Å². The molecule has 0 radical (unpaired) electrons. The average Bonchev–Trinajstić information content (AvgIpc) is 2.62. The molecule has 1 unspecified atom stereocenters. The van der Waals surface area contributed by atoms with Crippen molar-refractivity contribution in [3.8, 4) is 0 Å². The lowest BCUT2D eigenvalue weighted by Gasteiger charge is -2.37. The van der Waals surface area contributed by atoms with E-state index in [0.717, 1.165) is 19.3 Å². The standard InChI is InChI=1S/C24H28/c1-5-20-15-21(22-13-9-7-11-18(22)3)17-24(6-2,16-20)23-14-10-8-12-19(23)4/h7-16H,5-6,17H2,1-4H3. The third-order valence-corrected chi connectivity index (χ3v) is 5.54. The van der Waals surface area contributed by atoms with Gasteiger partial charge in [0.2, 0.25) is 0 Å². The predicted octanol–water partition coefficient (Wildman–Crippen LogP) is 6.77. The Morgan fingerprint density at radius 3 is 2.17 bits per heavy atom. The summed E-state index contributed by atoms with van der Waals surface area (Å²) in [6.07, 6.45) is 8.27. The second kappa shape index (κ2) is 6.81. The van der Waals surface area contributed by atoms with Crippen LogP contribution in [0.25, 0.3) is 5.57 Å². The fourth-order valence-electron chi connectivity index (χ4n) is 4.09. The van der Waals surface area contributed by atoms with E-state index in [1.807, 2.05) is 0 Å². The first kappa shape index (κ1) is 16.8. The molecular formula is C24H28. The molecule has 0 aliphatic heterocycles. The number of rotatable bonds is 4. The van der Waals surface area contributed by atoms with Gasteiger partial charge in [0.1, 0.15) is 0 Å². The summed E-state index contributed by atoms with van der Waals surface area (Å²) in [5.74, 6) is 0. The van der Waals surface area contributed by atoms with Crippen LogP contribution in [-0.4, -0.2) is 0 Å². The predicted molar refractivity (Wildman–Crippen MR) is 105 cm³/mol. The molecule has 0 fully saturated rings. The van der Waals surface area contributed by atoms with Gasteiger partial charge in [-0.2, -0.15) is 0 Å². The lowest BCUT2D eigenvalue weighted by Crippen LogP contribution is -2.27. The Kier molecular flexibility index (Phi) is 4.76. The molecule has 1 atom stereocenters. The topological polar surface area (TPSA) is 0 Å². The first-order valence-corrected chi connectivity index (χ1v) is 9.14. The van der Waals surface area contributed by atoms with Crippen LogP contribution in [0.15, 0.2) is 66.3 Å². The van der Waals surface area contributed by atoms with Crippen LogP contribution in [0.1, 0.15) is 55.4 Å². The van der Waals surface area contributed by atoms with Gasteiger partial charge in [0.15, 0.2) is 0 Å². The molecule has 2 aromatic rings. The van der Waals surface area contributed by atoms with E-state index in [4.69, 9.17) is 0 Å². The van der Waals surface area contributed by atoms with E-state index in [2.05, 4.69) is 88.4 Å². The highest BCUT2D eigenvalue weighted by Gasteiger charge is 2.33. The van der Waals surface area contributed by atoms with Gasteiger partial charge in [0, 0.05) is 5.41 Å². The molecule has 0 spiro atoms. The molecule has 0 heteroatoms. The molecule has 0 heterocycles. The van der Waals surface area contributed by atoms with Crippen LogP contribution in [-0.2, 0) is 5.41 Å². The molecule has 2 aromatic carbocycles. The van der Waals surface area contributed by atoms with Gasteiger partial charge in [-0.05, 0) is 60.9 Å². The summed E-state index contributed by atoms with van der Waals surface area (Å²) in [5, 5.41) is 0. The van der Waals surface area contributed by atoms with Crippen molar-refractivity contribution < 1.29 is 0 Å². The van der Waals surface area contributed by atoms with Crippen molar-refractivity contribution in [2.75, 3.05) is 0 Å². The van der Waals surface area contributed by atoms with Crippen LogP contribution < -0.4 is 0 Å². The molecule has 3 rings (SSSR count). The van der Waals surface area contributed by atoms with E-state index in [-0.39, 0.29) is 5.41 Å². The smallest absolute Gasteiger partial charge is 0.0178 e. The lowest BCUT2D eigenvalue weighted by atomic mass is 9.67. The quantitative estimate of drug-likeness (QED) is 0.583.